The highest BCUT2D eigenvalue weighted by molar-refractivity contribution is 7.17. The summed E-state index contributed by atoms with van der Waals surface area (Å²) in [7, 11) is 1.59. The largest absolute Gasteiger partial charge is 0.493 e. The number of thiophene rings is 1. The van der Waals surface area contributed by atoms with Crippen LogP contribution in [0.3, 0.4) is 0 Å². The Morgan fingerprint density at radius 1 is 1.00 bits per heavy atom. The maximum atomic E-state index is 12.8. The van der Waals surface area contributed by atoms with Crippen molar-refractivity contribution in [1.82, 2.24) is 0 Å². The summed E-state index contributed by atoms with van der Waals surface area (Å²) in [5.41, 5.74) is 3.26. The molecule has 0 bridgehead atoms. The molecular formula is C26H29NO5S. The molecule has 0 spiro atoms. The van der Waals surface area contributed by atoms with Gasteiger partial charge in [-0.1, -0.05) is 42.0 Å². The number of rotatable bonds is 10. The third kappa shape index (κ3) is 6.14. The van der Waals surface area contributed by atoms with Crippen LogP contribution in [0.1, 0.15) is 40.6 Å². The monoisotopic (exact) mass is 467 g/mol. The summed E-state index contributed by atoms with van der Waals surface area (Å²) in [6, 6.07) is 15.3. The van der Waals surface area contributed by atoms with Crippen LogP contribution in [0.15, 0.2) is 48.5 Å². The number of carbonyl (C=O) groups excluding carboxylic acids is 2. The van der Waals surface area contributed by atoms with Gasteiger partial charge in [0.05, 0.1) is 20.3 Å². The zero-order chi connectivity index (χ0) is 23.8. The van der Waals surface area contributed by atoms with Gasteiger partial charge in [-0.3, -0.25) is 4.79 Å². The SMILES string of the molecule is CCOC(=O)c1c(NC(=O)CCCOc2ccccc2OC)sc(C)c1-c1ccc(C)cc1. The first-order chi connectivity index (χ1) is 15.9. The number of hydrogen-bond donors (Lipinski definition) is 1. The normalized spacial score (nSPS) is 10.5. The van der Waals surface area contributed by atoms with E-state index in [-0.39, 0.29) is 18.9 Å². The Kier molecular flexibility index (Phi) is 8.49. The number of nitrogens with one attached hydrogen (secondary N) is 1. The molecule has 33 heavy (non-hydrogen) atoms. The Bertz CT molecular complexity index is 1100. The smallest absolute Gasteiger partial charge is 0.341 e. The summed E-state index contributed by atoms with van der Waals surface area (Å²) in [6.07, 6.45) is 0.780. The van der Waals surface area contributed by atoms with E-state index >= 15 is 0 Å². The predicted octanol–water partition coefficient (Wildman–Crippen LogP) is 6.01. The fraction of sp³-hybridized carbons (Fsp3) is 0.308. The molecule has 3 aromatic rings. The summed E-state index contributed by atoms with van der Waals surface area (Å²) in [4.78, 5) is 26.4. The first kappa shape index (κ1) is 24.3. The van der Waals surface area contributed by atoms with Gasteiger partial charge in [-0.05, 0) is 44.9 Å². The lowest BCUT2D eigenvalue weighted by Gasteiger charge is -2.11. The Labute approximate surface area is 198 Å². The minimum Gasteiger partial charge on any atom is -0.493 e. The van der Waals surface area contributed by atoms with Crippen LogP contribution in [0.4, 0.5) is 5.00 Å². The zero-order valence-electron chi connectivity index (χ0n) is 19.4. The molecule has 0 atom stereocenters. The maximum Gasteiger partial charge on any atom is 0.341 e. The number of amides is 1. The van der Waals surface area contributed by atoms with Gasteiger partial charge in [0.1, 0.15) is 10.6 Å². The molecule has 3 rings (SSSR count). The van der Waals surface area contributed by atoms with Gasteiger partial charge in [-0.15, -0.1) is 11.3 Å². The minimum atomic E-state index is -0.438. The standard InChI is InChI=1S/C26H29NO5S/c1-5-31-26(29)24-23(19-14-12-17(2)13-15-19)18(3)33-25(24)27-22(28)11-8-16-32-21-10-7-6-9-20(21)30-4/h6-7,9-10,12-15H,5,8,11,16H2,1-4H3,(H,27,28). The van der Waals surface area contributed by atoms with E-state index in [9.17, 15) is 9.59 Å². The summed E-state index contributed by atoms with van der Waals surface area (Å²) < 4.78 is 16.3. The van der Waals surface area contributed by atoms with Crippen LogP contribution in [0.25, 0.3) is 11.1 Å². The van der Waals surface area contributed by atoms with Crippen molar-refractivity contribution in [1.29, 1.82) is 0 Å². The predicted molar refractivity (Wildman–Crippen MR) is 132 cm³/mol. The van der Waals surface area contributed by atoms with Gasteiger partial charge in [-0.25, -0.2) is 4.79 Å². The number of esters is 1. The van der Waals surface area contributed by atoms with Crippen molar-refractivity contribution in [2.45, 2.75) is 33.6 Å². The van der Waals surface area contributed by atoms with E-state index in [1.807, 2.05) is 62.4 Å². The highest BCUT2D eigenvalue weighted by atomic mass is 32.1. The van der Waals surface area contributed by atoms with Crippen LogP contribution in [0.5, 0.6) is 11.5 Å². The minimum absolute atomic E-state index is 0.180. The van der Waals surface area contributed by atoms with E-state index < -0.39 is 5.97 Å². The van der Waals surface area contributed by atoms with Crippen LogP contribution < -0.4 is 14.8 Å². The second-order valence-corrected chi connectivity index (χ2v) is 8.70. The van der Waals surface area contributed by atoms with E-state index in [0.29, 0.717) is 35.1 Å². The molecule has 0 saturated carbocycles. The zero-order valence-corrected chi connectivity index (χ0v) is 20.2. The molecule has 0 fully saturated rings. The number of methoxy groups -OCH3 is 1. The van der Waals surface area contributed by atoms with Gasteiger partial charge >= 0.3 is 5.97 Å². The second kappa shape index (κ2) is 11.5. The molecular weight excluding hydrogens is 438 g/mol. The van der Waals surface area contributed by atoms with Crippen molar-refractivity contribution in [2.75, 3.05) is 25.6 Å². The van der Waals surface area contributed by atoms with Crippen molar-refractivity contribution in [3.8, 4) is 22.6 Å². The highest BCUT2D eigenvalue weighted by Crippen LogP contribution is 2.40. The Balaban J connectivity index is 1.70. The Morgan fingerprint density at radius 2 is 1.70 bits per heavy atom. The number of benzene rings is 2. The van der Waals surface area contributed by atoms with Crippen molar-refractivity contribution >= 4 is 28.2 Å². The first-order valence-electron chi connectivity index (χ1n) is 10.9. The molecule has 7 heteroatoms. The average Bonchev–Trinajstić information content (AvgIpc) is 3.13. The van der Waals surface area contributed by atoms with Crippen molar-refractivity contribution in [3.05, 3.63) is 64.5 Å². The fourth-order valence-corrected chi connectivity index (χ4v) is 4.52. The first-order valence-corrected chi connectivity index (χ1v) is 11.7. The molecule has 2 aromatic carbocycles. The van der Waals surface area contributed by atoms with Crippen LogP contribution >= 0.6 is 11.3 Å². The number of para-hydroxylation sites is 2. The topological polar surface area (TPSA) is 73.9 Å². The lowest BCUT2D eigenvalue weighted by atomic mass is 10.0. The third-order valence-corrected chi connectivity index (χ3v) is 6.05. The van der Waals surface area contributed by atoms with Gasteiger partial charge in [0.25, 0.3) is 0 Å². The lowest BCUT2D eigenvalue weighted by Crippen LogP contribution is -2.15. The summed E-state index contributed by atoms with van der Waals surface area (Å²) in [5, 5.41) is 3.42. The number of aryl methyl sites for hydroxylation is 2. The lowest BCUT2D eigenvalue weighted by molar-refractivity contribution is -0.116. The van der Waals surface area contributed by atoms with E-state index in [1.165, 1.54) is 11.3 Å². The van der Waals surface area contributed by atoms with Gasteiger partial charge in [0.2, 0.25) is 5.91 Å². The third-order valence-electron chi connectivity index (χ3n) is 5.03. The summed E-state index contributed by atoms with van der Waals surface area (Å²) in [5.74, 6) is 0.675. The number of anilines is 1. The van der Waals surface area contributed by atoms with Crippen LogP contribution in [0, 0.1) is 13.8 Å². The molecule has 1 amide bonds. The van der Waals surface area contributed by atoms with Crippen LogP contribution in [-0.4, -0.2) is 32.2 Å². The second-order valence-electron chi connectivity index (χ2n) is 7.47. The van der Waals surface area contributed by atoms with E-state index in [4.69, 9.17) is 14.2 Å². The van der Waals surface area contributed by atoms with Gasteiger partial charge in [-0.2, -0.15) is 0 Å². The number of ether oxygens (including phenoxy) is 3. The van der Waals surface area contributed by atoms with Crippen molar-refractivity contribution in [3.63, 3.8) is 0 Å². The molecule has 1 N–H and O–H groups in total. The highest BCUT2D eigenvalue weighted by Gasteiger charge is 2.25. The average molecular weight is 468 g/mol. The summed E-state index contributed by atoms with van der Waals surface area (Å²) in [6.45, 7) is 6.35. The molecule has 1 heterocycles. The molecule has 0 radical (unpaired) electrons. The fourth-order valence-electron chi connectivity index (χ4n) is 3.44. The molecule has 174 valence electrons. The van der Waals surface area contributed by atoms with Gasteiger partial charge in [0.15, 0.2) is 11.5 Å². The molecule has 0 aliphatic heterocycles. The molecule has 0 aliphatic carbocycles. The van der Waals surface area contributed by atoms with Gasteiger partial charge < -0.3 is 19.5 Å². The van der Waals surface area contributed by atoms with Crippen molar-refractivity contribution in [2.24, 2.45) is 0 Å². The molecule has 0 saturated heterocycles. The Hall–Kier alpha value is -3.32. The van der Waals surface area contributed by atoms with Gasteiger partial charge in [0, 0.05) is 16.9 Å². The van der Waals surface area contributed by atoms with Crippen LogP contribution in [0.2, 0.25) is 0 Å². The van der Waals surface area contributed by atoms with Crippen molar-refractivity contribution < 1.29 is 23.8 Å². The van der Waals surface area contributed by atoms with E-state index in [2.05, 4.69) is 5.32 Å². The quantitative estimate of drug-likeness (QED) is 0.292. The van der Waals surface area contributed by atoms with Crippen LogP contribution in [-0.2, 0) is 9.53 Å². The molecule has 0 unspecified atom stereocenters. The maximum absolute atomic E-state index is 12.8. The van der Waals surface area contributed by atoms with E-state index in [0.717, 1.165) is 21.6 Å². The molecule has 6 nitrogen and oxygen atoms in total. The molecule has 1 aromatic heterocycles. The summed E-state index contributed by atoms with van der Waals surface area (Å²) >= 11 is 1.38. The number of hydrogen-bond acceptors (Lipinski definition) is 6. The molecule has 0 aliphatic rings. The Morgan fingerprint density at radius 3 is 2.36 bits per heavy atom. The number of carbonyl (C=O) groups is 2. The van der Waals surface area contributed by atoms with E-state index in [1.54, 1.807) is 14.0 Å².